The minimum atomic E-state index is 0. The molecule has 2 atom stereocenters. The second kappa shape index (κ2) is 13.1. The number of hydrogen-bond acceptors (Lipinski definition) is 4. The molecule has 3 rings (SSSR count). The van der Waals surface area contributed by atoms with Gasteiger partial charge in [-0.3, -0.25) is 9.89 Å². The first-order chi connectivity index (χ1) is 13.7. The molecule has 2 aliphatic heterocycles. The van der Waals surface area contributed by atoms with Gasteiger partial charge >= 0.3 is 0 Å². The summed E-state index contributed by atoms with van der Waals surface area (Å²) in [5.41, 5.74) is 0. The fraction of sp³-hybridized carbons (Fsp3) is 0.773. The topological polar surface area (TPSA) is 42.9 Å². The molecule has 2 N–H and O–H groups in total. The fourth-order valence-electron chi connectivity index (χ4n) is 4.49. The highest BCUT2D eigenvalue weighted by Gasteiger charge is 2.25. The molecule has 2 saturated heterocycles. The first kappa shape index (κ1) is 24.9. The van der Waals surface area contributed by atoms with Crippen LogP contribution in [0.2, 0.25) is 0 Å². The number of piperidine rings is 2. The molecule has 0 radical (unpaired) electrons. The van der Waals surface area contributed by atoms with E-state index in [1.54, 1.807) is 0 Å². The molecule has 0 bridgehead atoms. The van der Waals surface area contributed by atoms with Crippen molar-refractivity contribution in [3.8, 4) is 0 Å². The third-order valence-corrected chi connectivity index (χ3v) is 7.40. The first-order valence-corrected chi connectivity index (χ1v) is 12.0. The van der Waals surface area contributed by atoms with Gasteiger partial charge in [-0.05, 0) is 75.1 Å². The van der Waals surface area contributed by atoms with Gasteiger partial charge in [0.05, 0.1) is 6.04 Å². The van der Waals surface area contributed by atoms with Crippen LogP contribution in [0.4, 0.5) is 0 Å². The van der Waals surface area contributed by atoms with Crippen molar-refractivity contribution in [2.24, 2.45) is 16.8 Å². The molecule has 166 valence electrons. The molecule has 0 saturated carbocycles. The van der Waals surface area contributed by atoms with Crippen molar-refractivity contribution in [1.82, 2.24) is 20.4 Å². The second-order valence-corrected chi connectivity index (χ2v) is 9.46. The van der Waals surface area contributed by atoms with Crippen molar-refractivity contribution < 1.29 is 0 Å². The Hall–Kier alpha value is -0.380. The maximum absolute atomic E-state index is 4.49. The standard InChI is InChI=1S/C22H39N5S.HI/c1-4-26-11-5-7-19(17-26)15-24-22(23-3)25-16-20(21-8-6-14-28-21)27-12-9-18(2)10-13-27;/h6,8,14,18-20H,4-5,7,9-13,15-17H2,1-3H3,(H2,23,24,25);1H. The molecule has 0 aromatic carbocycles. The highest BCUT2D eigenvalue weighted by atomic mass is 127. The van der Waals surface area contributed by atoms with Gasteiger partial charge in [0, 0.05) is 31.6 Å². The molecule has 3 heterocycles. The first-order valence-electron chi connectivity index (χ1n) is 11.1. The third-order valence-electron chi connectivity index (χ3n) is 6.43. The van der Waals surface area contributed by atoms with Crippen molar-refractivity contribution >= 4 is 41.3 Å². The Morgan fingerprint density at radius 3 is 2.69 bits per heavy atom. The van der Waals surface area contributed by atoms with E-state index in [1.807, 2.05) is 18.4 Å². The molecule has 0 aliphatic carbocycles. The van der Waals surface area contributed by atoms with Gasteiger partial charge in [-0.2, -0.15) is 0 Å². The average molecular weight is 534 g/mol. The normalized spacial score (nSPS) is 23.4. The number of nitrogens with zero attached hydrogens (tertiary/aromatic N) is 3. The predicted molar refractivity (Wildman–Crippen MR) is 137 cm³/mol. The lowest BCUT2D eigenvalue weighted by atomic mass is 9.97. The average Bonchev–Trinajstić information content (AvgIpc) is 3.26. The maximum Gasteiger partial charge on any atom is 0.191 e. The lowest BCUT2D eigenvalue weighted by Gasteiger charge is -2.36. The number of hydrogen-bond donors (Lipinski definition) is 2. The minimum absolute atomic E-state index is 0. The summed E-state index contributed by atoms with van der Waals surface area (Å²) in [5, 5.41) is 9.41. The van der Waals surface area contributed by atoms with Gasteiger partial charge in [0.2, 0.25) is 0 Å². The smallest absolute Gasteiger partial charge is 0.191 e. The van der Waals surface area contributed by atoms with E-state index < -0.39 is 0 Å². The van der Waals surface area contributed by atoms with E-state index in [0.717, 1.165) is 30.9 Å². The summed E-state index contributed by atoms with van der Waals surface area (Å²) in [6, 6.07) is 4.90. The van der Waals surface area contributed by atoms with Crippen molar-refractivity contribution in [3.63, 3.8) is 0 Å². The summed E-state index contributed by atoms with van der Waals surface area (Å²) in [6.07, 6.45) is 5.26. The van der Waals surface area contributed by atoms with Crippen molar-refractivity contribution in [1.29, 1.82) is 0 Å². The van der Waals surface area contributed by atoms with Crippen molar-refractivity contribution in [2.75, 3.05) is 52.9 Å². The lowest BCUT2D eigenvalue weighted by Crippen LogP contribution is -2.47. The minimum Gasteiger partial charge on any atom is -0.356 e. The van der Waals surface area contributed by atoms with Crippen LogP contribution in [0.3, 0.4) is 0 Å². The highest BCUT2D eigenvalue weighted by Crippen LogP contribution is 2.29. The van der Waals surface area contributed by atoms with Crippen LogP contribution in [-0.4, -0.2) is 68.6 Å². The lowest BCUT2D eigenvalue weighted by molar-refractivity contribution is 0.140. The van der Waals surface area contributed by atoms with Crippen LogP contribution in [0.1, 0.15) is 50.4 Å². The molecule has 1 aromatic rings. The molecule has 1 aromatic heterocycles. The monoisotopic (exact) mass is 533 g/mol. The number of guanidine groups is 1. The maximum atomic E-state index is 4.49. The fourth-order valence-corrected chi connectivity index (χ4v) is 5.35. The molecule has 2 unspecified atom stereocenters. The summed E-state index contributed by atoms with van der Waals surface area (Å²) in [5.74, 6) is 2.53. The van der Waals surface area contributed by atoms with E-state index in [1.165, 1.54) is 63.3 Å². The summed E-state index contributed by atoms with van der Waals surface area (Å²) in [4.78, 5) is 11.2. The van der Waals surface area contributed by atoms with Crippen LogP contribution >= 0.6 is 35.3 Å². The van der Waals surface area contributed by atoms with E-state index in [-0.39, 0.29) is 24.0 Å². The SMILES string of the molecule is CCN1CCCC(CNC(=NC)NCC(c2cccs2)N2CCC(C)CC2)C1.I. The third kappa shape index (κ3) is 7.67. The Balaban J connectivity index is 0.00000300. The van der Waals surface area contributed by atoms with Crippen molar-refractivity contribution in [3.05, 3.63) is 22.4 Å². The Morgan fingerprint density at radius 2 is 2.03 bits per heavy atom. The summed E-state index contributed by atoms with van der Waals surface area (Å²) in [7, 11) is 1.89. The van der Waals surface area contributed by atoms with Crippen molar-refractivity contribution in [2.45, 2.75) is 45.6 Å². The van der Waals surface area contributed by atoms with Crippen LogP contribution in [0.15, 0.2) is 22.5 Å². The number of halogens is 1. The van der Waals surface area contributed by atoms with Crippen LogP contribution < -0.4 is 10.6 Å². The van der Waals surface area contributed by atoms with E-state index >= 15 is 0 Å². The van der Waals surface area contributed by atoms with Crippen LogP contribution in [0.25, 0.3) is 0 Å². The number of rotatable bonds is 7. The Bertz CT molecular complexity index is 586. The summed E-state index contributed by atoms with van der Waals surface area (Å²) < 4.78 is 0. The van der Waals surface area contributed by atoms with E-state index in [9.17, 15) is 0 Å². The quantitative estimate of drug-likeness (QED) is 0.316. The number of thiophene rings is 1. The zero-order chi connectivity index (χ0) is 19.8. The molecule has 0 amide bonds. The van der Waals surface area contributed by atoms with Gasteiger partial charge in [-0.1, -0.05) is 19.9 Å². The van der Waals surface area contributed by atoms with Gasteiger partial charge in [0.15, 0.2) is 5.96 Å². The number of likely N-dealkylation sites (tertiary alicyclic amines) is 2. The molecular weight excluding hydrogens is 493 g/mol. The van der Waals surface area contributed by atoms with E-state index in [4.69, 9.17) is 0 Å². The summed E-state index contributed by atoms with van der Waals surface area (Å²) in [6.45, 7) is 12.6. The van der Waals surface area contributed by atoms with Gasteiger partial charge in [0.25, 0.3) is 0 Å². The Kier molecular flexibility index (Phi) is 11.3. The second-order valence-electron chi connectivity index (χ2n) is 8.49. The van der Waals surface area contributed by atoms with Gasteiger partial charge in [-0.15, -0.1) is 35.3 Å². The van der Waals surface area contributed by atoms with Gasteiger partial charge < -0.3 is 15.5 Å². The van der Waals surface area contributed by atoms with Crippen LogP contribution in [0.5, 0.6) is 0 Å². The molecule has 7 heteroatoms. The Morgan fingerprint density at radius 1 is 1.24 bits per heavy atom. The van der Waals surface area contributed by atoms with Gasteiger partial charge in [-0.25, -0.2) is 0 Å². The van der Waals surface area contributed by atoms with Gasteiger partial charge in [0.1, 0.15) is 0 Å². The largest absolute Gasteiger partial charge is 0.356 e. The number of aliphatic imine (C=N–C) groups is 1. The van der Waals surface area contributed by atoms with E-state index in [2.05, 4.69) is 56.8 Å². The zero-order valence-corrected chi connectivity index (χ0v) is 21.5. The number of nitrogens with one attached hydrogen (secondary N) is 2. The molecule has 2 aliphatic rings. The molecule has 29 heavy (non-hydrogen) atoms. The van der Waals surface area contributed by atoms with E-state index in [0.29, 0.717) is 6.04 Å². The van der Waals surface area contributed by atoms with Crippen LogP contribution in [-0.2, 0) is 0 Å². The Labute approximate surface area is 198 Å². The highest BCUT2D eigenvalue weighted by molar-refractivity contribution is 14.0. The molecule has 5 nitrogen and oxygen atoms in total. The summed E-state index contributed by atoms with van der Waals surface area (Å²) >= 11 is 1.88. The molecule has 2 fully saturated rings. The molecule has 0 spiro atoms. The predicted octanol–water partition coefficient (Wildman–Crippen LogP) is 4.04. The van der Waals surface area contributed by atoms with Crippen LogP contribution in [0, 0.1) is 11.8 Å². The zero-order valence-electron chi connectivity index (χ0n) is 18.4. The molecular formula is C22H40IN5S.